The summed E-state index contributed by atoms with van der Waals surface area (Å²) in [6, 6.07) is 8.31. The molecule has 84 valence electrons. The molecule has 2 rings (SSSR count). The Morgan fingerprint density at radius 1 is 1.19 bits per heavy atom. The number of hydrogen-bond donors (Lipinski definition) is 3. The van der Waals surface area contributed by atoms with Crippen LogP contribution in [-0.4, -0.2) is 23.2 Å². The Morgan fingerprint density at radius 3 is 2.38 bits per heavy atom. The van der Waals surface area contributed by atoms with Crippen molar-refractivity contribution >= 4 is 16.0 Å². The molecule has 0 fully saturated rings. The lowest BCUT2D eigenvalue weighted by Crippen LogP contribution is -2.09. The molecule has 0 amide bonds. The molecular formula is C9H9N3O3S. The van der Waals surface area contributed by atoms with Crippen molar-refractivity contribution in [2.75, 3.05) is 4.72 Å². The fourth-order valence-corrected chi connectivity index (χ4v) is 1.72. The Balaban J connectivity index is 2.24. The summed E-state index contributed by atoms with van der Waals surface area (Å²) in [4.78, 5) is 0. The second-order valence-corrected chi connectivity index (χ2v) is 4.28. The van der Waals surface area contributed by atoms with Crippen LogP contribution in [0.1, 0.15) is 0 Å². The van der Waals surface area contributed by atoms with Crippen molar-refractivity contribution < 1.29 is 13.0 Å². The number of benzene rings is 1. The van der Waals surface area contributed by atoms with E-state index in [1.54, 1.807) is 36.5 Å². The van der Waals surface area contributed by atoms with Crippen LogP contribution in [0.15, 0.2) is 36.5 Å². The monoisotopic (exact) mass is 239 g/mol. The summed E-state index contributed by atoms with van der Waals surface area (Å²) in [5.74, 6) is 0. The van der Waals surface area contributed by atoms with Crippen molar-refractivity contribution in [2.24, 2.45) is 0 Å². The third-order valence-electron chi connectivity index (χ3n) is 1.94. The van der Waals surface area contributed by atoms with Gasteiger partial charge in [-0.3, -0.25) is 14.4 Å². The first-order valence-corrected chi connectivity index (χ1v) is 5.84. The second-order valence-electron chi connectivity index (χ2n) is 3.12. The maximum Gasteiger partial charge on any atom is 0.357 e. The Hall–Kier alpha value is -1.86. The van der Waals surface area contributed by atoms with Gasteiger partial charge < -0.3 is 0 Å². The average Bonchev–Trinajstić information content (AvgIpc) is 2.69. The Morgan fingerprint density at radius 2 is 1.88 bits per heavy atom. The number of aromatic amines is 1. The van der Waals surface area contributed by atoms with Gasteiger partial charge in [-0.05, 0) is 23.8 Å². The van der Waals surface area contributed by atoms with E-state index in [2.05, 4.69) is 10.2 Å². The Bertz CT molecular complexity index is 561. The lowest BCUT2D eigenvalue weighted by atomic mass is 10.1. The fourth-order valence-electron chi connectivity index (χ4n) is 1.28. The van der Waals surface area contributed by atoms with Gasteiger partial charge >= 0.3 is 10.3 Å². The molecule has 1 aromatic heterocycles. The molecule has 0 saturated carbocycles. The Kier molecular flexibility index (Phi) is 2.63. The van der Waals surface area contributed by atoms with Crippen LogP contribution in [0.25, 0.3) is 11.3 Å². The van der Waals surface area contributed by atoms with Crippen LogP contribution in [0, 0.1) is 0 Å². The predicted molar refractivity (Wildman–Crippen MR) is 59.2 cm³/mol. The maximum atomic E-state index is 10.5. The standard InChI is InChI=1S/C9H9N3O3S/c13-16(14,15)12-8-3-1-7(2-4-8)9-5-6-10-11-9/h1-6,12H,(H,10,11)(H,13,14,15). The van der Waals surface area contributed by atoms with E-state index in [4.69, 9.17) is 4.55 Å². The summed E-state index contributed by atoms with van der Waals surface area (Å²) in [6.45, 7) is 0. The molecule has 0 radical (unpaired) electrons. The molecular weight excluding hydrogens is 230 g/mol. The minimum absolute atomic E-state index is 0.297. The van der Waals surface area contributed by atoms with Crippen LogP contribution in [-0.2, 0) is 10.3 Å². The highest BCUT2D eigenvalue weighted by Crippen LogP contribution is 2.19. The van der Waals surface area contributed by atoms with Gasteiger partial charge in [0.25, 0.3) is 0 Å². The highest BCUT2D eigenvalue weighted by atomic mass is 32.2. The summed E-state index contributed by atoms with van der Waals surface area (Å²) in [5.41, 5.74) is 2.00. The average molecular weight is 239 g/mol. The van der Waals surface area contributed by atoms with Gasteiger partial charge in [-0.25, -0.2) is 0 Å². The van der Waals surface area contributed by atoms with Crippen molar-refractivity contribution in [3.8, 4) is 11.3 Å². The fraction of sp³-hybridized carbons (Fsp3) is 0. The van der Waals surface area contributed by atoms with Gasteiger partial charge in [0, 0.05) is 6.20 Å². The predicted octanol–water partition coefficient (Wildman–Crippen LogP) is 1.29. The number of rotatable bonds is 3. The molecule has 1 heterocycles. The van der Waals surface area contributed by atoms with Gasteiger partial charge in [0.2, 0.25) is 0 Å². The van der Waals surface area contributed by atoms with E-state index in [9.17, 15) is 8.42 Å². The minimum atomic E-state index is -4.21. The van der Waals surface area contributed by atoms with Crippen molar-refractivity contribution in [2.45, 2.75) is 0 Å². The van der Waals surface area contributed by atoms with Crippen LogP contribution < -0.4 is 4.72 Å². The van der Waals surface area contributed by atoms with E-state index in [1.807, 2.05) is 4.72 Å². The summed E-state index contributed by atoms with van der Waals surface area (Å²) in [5, 5.41) is 6.59. The van der Waals surface area contributed by atoms with E-state index >= 15 is 0 Å². The molecule has 6 nitrogen and oxygen atoms in total. The molecule has 1 aromatic carbocycles. The quantitative estimate of drug-likeness (QED) is 0.703. The van der Waals surface area contributed by atoms with Crippen LogP contribution in [0.5, 0.6) is 0 Å². The Labute approximate surface area is 92.2 Å². The number of anilines is 1. The van der Waals surface area contributed by atoms with Crippen LogP contribution in [0.4, 0.5) is 5.69 Å². The number of H-pyrrole nitrogens is 1. The normalized spacial score (nSPS) is 11.3. The molecule has 0 aliphatic rings. The maximum absolute atomic E-state index is 10.5. The van der Waals surface area contributed by atoms with E-state index in [-0.39, 0.29) is 0 Å². The zero-order valence-electron chi connectivity index (χ0n) is 8.08. The van der Waals surface area contributed by atoms with Crippen LogP contribution in [0.3, 0.4) is 0 Å². The van der Waals surface area contributed by atoms with Gasteiger partial charge in [0.1, 0.15) is 0 Å². The number of nitrogens with zero attached hydrogens (tertiary/aromatic N) is 1. The molecule has 0 saturated heterocycles. The van der Waals surface area contributed by atoms with Crippen LogP contribution >= 0.6 is 0 Å². The van der Waals surface area contributed by atoms with Gasteiger partial charge in [0.15, 0.2) is 0 Å². The molecule has 0 unspecified atom stereocenters. The van der Waals surface area contributed by atoms with E-state index < -0.39 is 10.3 Å². The first-order valence-electron chi connectivity index (χ1n) is 4.40. The highest BCUT2D eigenvalue weighted by molar-refractivity contribution is 7.87. The summed E-state index contributed by atoms with van der Waals surface area (Å²) in [6.07, 6.45) is 1.62. The zero-order chi connectivity index (χ0) is 11.6. The van der Waals surface area contributed by atoms with E-state index in [1.165, 1.54) is 0 Å². The molecule has 0 aliphatic carbocycles. The summed E-state index contributed by atoms with van der Waals surface area (Å²) >= 11 is 0. The SMILES string of the molecule is O=S(=O)(O)Nc1ccc(-c2ccn[nH]2)cc1. The molecule has 0 aliphatic heterocycles. The zero-order valence-corrected chi connectivity index (χ0v) is 8.90. The van der Waals surface area contributed by atoms with Crippen molar-refractivity contribution in [1.82, 2.24) is 10.2 Å². The summed E-state index contributed by atoms with van der Waals surface area (Å²) in [7, 11) is -4.21. The third kappa shape index (κ3) is 2.59. The molecule has 3 N–H and O–H groups in total. The lowest BCUT2D eigenvalue weighted by molar-refractivity contribution is 0.490. The molecule has 2 aromatic rings. The van der Waals surface area contributed by atoms with E-state index in [0.717, 1.165) is 11.3 Å². The van der Waals surface area contributed by atoms with Crippen molar-refractivity contribution in [1.29, 1.82) is 0 Å². The summed E-state index contributed by atoms with van der Waals surface area (Å²) < 4.78 is 31.6. The smallest absolute Gasteiger partial charge is 0.278 e. The second kappa shape index (κ2) is 3.95. The van der Waals surface area contributed by atoms with Crippen molar-refractivity contribution in [3.05, 3.63) is 36.5 Å². The minimum Gasteiger partial charge on any atom is -0.278 e. The molecule has 0 atom stereocenters. The number of aromatic nitrogens is 2. The first kappa shape index (κ1) is 10.7. The highest BCUT2D eigenvalue weighted by Gasteiger charge is 2.04. The van der Waals surface area contributed by atoms with E-state index in [0.29, 0.717) is 5.69 Å². The van der Waals surface area contributed by atoms with Gasteiger partial charge in [-0.15, -0.1) is 0 Å². The lowest BCUT2D eigenvalue weighted by Gasteiger charge is -2.03. The van der Waals surface area contributed by atoms with Gasteiger partial charge in [-0.2, -0.15) is 13.5 Å². The largest absolute Gasteiger partial charge is 0.357 e. The molecule has 0 spiro atoms. The number of nitrogens with one attached hydrogen (secondary N) is 2. The van der Waals surface area contributed by atoms with Crippen molar-refractivity contribution in [3.63, 3.8) is 0 Å². The first-order chi connectivity index (χ1) is 7.54. The van der Waals surface area contributed by atoms with Crippen LogP contribution in [0.2, 0.25) is 0 Å². The number of hydrogen-bond acceptors (Lipinski definition) is 3. The third-order valence-corrected chi connectivity index (χ3v) is 2.44. The molecule has 0 bridgehead atoms. The molecule has 16 heavy (non-hydrogen) atoms. The molecule has 7 heteroatoms. The topological polar surface area (TPSA) is 95.1 Å². The van der Waals surface area contributed by atoms with Gasteiger partial charge in [-0.1, -0.05) is 12.1 Å². The van der Waals surface area contributed by atoms with Gasteiger partial charge in [0.05, 0.1) is 11.4 Å².